The van der Waals surface area contributed by atoms with Gasteiger partial charge in [0.15, 0.2) is 9.84 Å². The van der Waals surface area contributed by atoms with Crippen molar-refractivity contribution in [3.8, 4) is 0 Å². The highest BCUT2D eigenvalue weighted by atomic mass is 32.2. The molecule has 0 radical (unpaired) electrons. The molecule has 1 rings (SSSR count). The van der Waals surface area contributed by atoms with Gasteiger partial charge < -0.3 is 10.4 Å². The van der Waals surface area contributed by atoms with Gasteiger partial charge in [-0.25, -0.2) is 8.42 Å². The smallest absolute Gasteiger partial charge is 0.178 e. The molecule has 1 aromatic rings. The summed E-state index contributed by atoms with van der Waals surface area (Å²) in [4.78, 5) is 0.348. The molecule has 0 aliphatic heterocycles. The van der Waals surface area contributed by atoms with E-state index in [9.17, 15) is 8.42 Å². The predicted octanol–water partition coefficient (Wildman–Crippen LogP) is 1.66. The fourth-order valence-electron chi connectivity index (χ4n) is 1.48. The van der Waals surface area contributed by atoms with Crippen LogP contribution in [0.4, 0.5) is 5.69 Å². The minimum atomic E-state index is -3.12. The molecule has 0 saturated heterocycles. The van der Waals surface area contributed by atoms with Crippen molar-refractivity contribution >= 4 is 15.5 Å². The molecule has 0 heterocycles. The Labute approximate surface area is 103 Å². The third-order valence-electron chi connectivity index (χ3n) is 2.57. The summed E-state index contributed by atoms with van der Waals surface area (Å²) in [6.07, 6.45) is 0.662. The Balaban J connectivity index is 2.75. The van der Waals surface area contributed by atoms with Crippen LogP contribution in [0.2, 0.25) is 0 Å². The normalized spacial score (nSPS) is 13.4. The van der Waals surface area contributed by atoms with Gasteiger partial charge in [-0.15, -0.1) is 0 Å². The van der Waals surface area contributed by atoms with Gasteiger partial charge in [0.2, 0.25) is 0 Å². The summed E-state index contributed by atoms with van der Waals surface area (Å²) in [5.41, 5.74) is 0.862. The molecule has 17 heavy (non-hydrogen) atoms. The molecule has 1 atom stereocenters. The van der Waals surface area contributed by atoms with Crippen molar-refractivity contribution in [1.82, 2.24) is 0 Å². The van der Waals surface area contributed by atoms with Crippen molar-refractivity contribution in [1.29, 1.82) is 0 Å². The van der Waals surface area contributed by atoms with E-state index in [1.54, 1.807) is 31.2 Å². The van der Waals surface area contributed by atoms with E-state index in [1.807, 2.05) is 6.92 Å². The van der Waals surface area contributed by atoms with E-state index in [0.29, 0.717) is 11.3 Å². The lowest BCUT2D eigenvalue weighted by Crippen LogP contribution is -2.16. The zero-order chi connectivity index (χ0) is 12.9. The minimum absolute atomic E-state index is 0.112. The van der Waals surface area contributed by atoms with Crippen molar-refractivity contribution in [3.05, 3.63) is 24.3 Å². The summed E-state index contributed by atoms with van der Waals surface area (Å²) in [6, 6.07) is 6.86. The average molecular weight is 257 g/mol. The molecular formula is C12H19NO3S. The number of aliphatic hydroxyl groups is 1. The molecule has 0 amide bonds. The molecular weight excluding hydrogens is 238 g/mol. The molecule has 0 aliphatic rings. The van der Waals surface area contributed by atoms with Gasteiger partial charge in [0.25, 0.3) is 0 Å². The van der Waals surface area contributed by atoms with E-state index in [0.717, 1.165) is 5.69 Å². The van der Waals surface area contributed by atoms with E-state index in [1.165, 1.54) is 0 Å². The molecule has 0 fully saturated rings. The van der Waals surface area contributed by atoms with Crippen molar-refractivity contribution < 1.29 is 13.5 Å². The Kier molecular flexibility index (Phi) is 4.96. The second-order valence-corrected chi connectivity index (χ2v) is 6.26. The van der Waals surface area contributed by atoms with Crippen LogP contribution >= 0.6 is 0 Å². The highest BCUT2D eigenvalue weighted by molar-refractivity contribution is 7.91. The van der Waals surface area contributed by atoms with Crippen molar-refractivity contribution in [2.45, 2.75) is 31.2 Å². The number of rotatable bonds is 6. The number of anilines is 1. The van der Waals surface area contributed by atoms with Crippen molar-refractivity contribution in [2.24, 2.45) is 0 Å². The molecule has 5 heteroatoms. The van der Waals surface area contributed by atoms with Gasteiger partial charge in [-0.3, -0.25) is 0 Å². The summed E-state index contributed by atoms with van der Waals surface area (Å²) < 4.78 is 23.2. The van der Waals surface area contributed by atoms with E-state index in [2.05, 4.69) is 5.32 Å². The quantitative estimate of drug-likeness (QED) is 0.813. The van der Waals surface area contributed by atoms with Gasteiger partial charge in [-0.2, -0.15) is 0 Å². The lowest BCUT2D eigenvalue weighted by molar-refractivity contribution is 0.282. The number of sulfone groups is 1. The fraction of sp³-hybridized carbons (Fsp3) is 0.500. The van der Waals surface area contributed by atoms with Gasteiger partial charge >= 0.3 is 0 Å². The zero-order valence-electron chi connectivity index (χ0n) is 10.2. The Morgan fingerprint density at radius 3 is 2.35 bits per heavy atom. The molecule has 0 saturated carbocycles. The maximum atomic E-state index is 11.6. The van der Waals surface area contributed by atoms with Crippen LogP contribution in [0.3, 0.4) is 0 Å². The minimum Gasteiger partial charge on any atom is -0.396 e. The van der Waals surface area contributed by atoms with Crippen molar-refractivity contribution in [2.75, 3.05) is 17.7 Å². The first kappa shape index (κ1) is 14.0. The fourth-order valence-corrected chi connectivity index (χ4v) is 2.36. The first-order chi connectivity index (χ1) is 7.99. The third-order valence-corrected chi connectivity index (χ3v) is 4.32. The lowest BCUT2D eigenvalue weighted by atomic mass is 10.2. The summed E-state index contributed by atoms with van der Waals surface area (Å²) in [7, 11) is -3.12. The molecule has 0 aliphatic carbocycles. The monoisotopic (exact) mass is 257 g/mol. The van der Waals surface area contributed by atoms with Gasteiger partial charge in [-0.05, 0) is 37.6 Å². The highest BCUT2D eigenvalue weighted by Crippen LogP contribution is 2.16. The topological polar surface area (TPSA) is 66.4 Å². The van der Waals surface area contributed by atoms with Crippen LogP contribution in [0.15, 0.2) is 29.2 Å². The molecule has 0 spiro atoms. The molecule has 1 aromatic carbocycles. The van der Waals surface area contributed by atoms with Crippen LogP contribution in [-0.2, 0) is 9.84 Å². The van der Waals surface area contributed by atoms with Gasteiger partial charge in [-0.1, -0.05) is 6.92 Å². The second-order valence-electron chi connectivity index (χ2n) is 3.99. The van der Waals surface area contributed by atoms with Crippen LogP contribution < -0.4 is 5.32 Å². The van der Waals surface area contributed by atoms with Crippen LogP contribution in [0.25, 0.3) is 0 Å². The summed E-state index contributed by atoms with van der Waals surface area (Å²) in [6.45, 7) is 3.73. The van der Waals surface area contributed by atoms with Gasteiger partial charge in [0, 0.05) is 18.3 Å². The maximum Gasteiger partial charge on any atom is 0.178 e. The number of nitrogens with one attached hydrogen (secondary N) is 1. The number of aliphatic hydroxyl groups excluding tert-OH is 1. The SMILES string of the molecule is CCS(=O)(=O)c1ccc(NC(C)CCO)cc1. The van der Waals surface area contributed by atoms with E-state index < -0.39 is 9.84 Å². The first-order valence-electron chi connectivity index (χ1n) is 5.70. The largest absolute Gasteiger partial charge is 0.396 e. The Hall–Kier alpha value is -1.07. The first-order valence-corrected chi connectivity index (χ1v) is 7.35. The zero-order valence-corrected chi connectivity index (χ0v) is 11.0. The summed E-state index contributed by atoms with van der Waals surface area (Å²) in [5, 5.41) is 12.0. The average Bonchev–Trinajstić information content (AvgIpc) is 2.30. The lowest BCUT2D eigenvalue weighted by Gasteiger charge is -2.14. The standard InChI is InChI=1S/C12H19NO3S/c1-3-17(15,16)12-6-4-11(5-7-12)13-10(2)8-9-14/h4-7,10,13-14H,3,8-9H2,1-2H3. The number of hydrogen-bond donors (Lipinski definition) is 2. The highest BCUT2D eigenvalue weighted by Gasteiger charge is 2.10. The maximum absolute atomic E-state index is 11.6. The van der Waals surface area contributed by atoms with Gasteiger partial charge in [0.1, 0.15) is 0 Å². The molecule has 0 bridgehead atoms. The second kappa shape index (κ2) is 6.02. The molecule has 2 N–H and O–H groups in total. The van der Waals surface area contributed by atoms with E-state index in [4.69, 9.17) is 5.11 Å². The Bertz CT molecular complexity index is 439. The van der Waals surface area contributed by atoms with Crippen LogP contribution in [-0.4, -0.2) is 31.9 Å². The molecule has 96 valence electrons. The van der Waals surface area contributed by atoms with Crippen LogP contribution in [0.5, 0.6) is 0 Å². The van der Waals surface area contributed by atoms with E-state index >= 15 is 0 Å². The summed E-state index contributed by atoms with van der Waals surface area (Å²) in [5.74, 6) is 0.112. The predicted molar refractivity (Wildman–Crippen MR) is 69.0 cm³/mol. The van der Waals surface area contributed by atoms with Crippen LogP contribution in [0.1, 0.15) is 20.3 Å². The van der Waals surface area contributed by atoms with Gasteiger partial charge in [0.05, 0.1) is 10.6 Å². The van der Waals surface area contributed by atoms with Crippen LogP contribution in [0, 0.1) is 0 Å². The summed E-state index contributed by atoms with van der Waals surface area (Å²) >= 11 is 0. The molecule has 4 nitrogen and oxygen atoms in total. The molecule has 1 unspecified atom stereocenters. The Morgan fingerprint density at radius 1 is 1.29 bits per heavy atom. The van der Waals surface area contributed by atoms with Crippen molar-refractivity contribution in [3.63, 3.8) is 0 Å². The third kappa shape index (κ3) is 4.02. The Morgan fingerprint density at radius 2 is 1.88 bits per heavy atom. The number of hydrogen-bond acceptors (Lipinski definition) is 4. The molecule has 0 aromatic heterocycles. The van der Waals surface area contributed by atoms with E-state index in [-0.39, 0.29) is 18.4 Å². The number of benzene rings is 1.